The van der Waals surface area contributed by atoms with Crippen molar-refractivity contribution >= 4 is 34.4 Å². The van der Waals surface area contributed by atoms with E-state index in [1.54, 1.807) is 12.4 Å². The molecular formula is C23H26N6. The molecule has 0 fully saturated rings. The monoisotopic (exact) mass is 386 g/mol. The lowest BCUT2D eigenvalue weighted by atomic mass is 10.1. The molecular weight excluding hydrogens is 360 g/mol. The SMILES string of the molecule is Cc1c(N2c3ccccc3N(C)[C@H]2C)cccc1N1c2nccnc2N(C)[C@@H]1C. The van der Waals surface area contributed by atoms with Crippen LogP contribution in [0.3, 0.4) is 0 Å². The molecule has 2 aliphatic rings. The average molecular weight is 387 g/mol. The summed E-state index contributed by atoms with van der Waals surface area (Å²) in [5, 5.41) is 0. The van der Waals surface area contributed by atoms with Gasteiger partial charge in [-0.25, -0.2) is 9.97 Å². The van der Waals surface area contributed by atoms with Crippen molar-refractivity contribution in [3.05, 3.63) is 60.4 Å². The number of hydrogen-bond acceptors (Lipinski definition) is 6. The van der Waals surface area contributed by atoms with Gasteiger partial charge in [0.15, 0.2) is 11.6 Å². The van der Waals surface area contributed by atoms with Gasteiger partial charge in [-0.1, -0.05) is 18.2 Å². The number of rotatable bonds is 2. The van der Waals surface area contributed by atoms with Gasteiger partial charge in [-0.15, -0.1) is 0 Å². The highest BCUT2D eigenvalue weighted by atomic mass is 15.5. The van der Waals surface area contributed by atoms with Gasteiger partial charge in [-0.3, -0.25) is 0 Å². The van der Waals surface area contributed by atoms with Crippen LogP contribution in [0.25, 0.3) is 0 Å². The molecule has 5 rings (SSSR count). The van der Waals surface area contributed by atoms with Crippen molar-refractivity contribution < 1.29 is 0 Å². The molecule has 0 unspecified atom stereocenters. The van der Waals surface area contributed by atoms with Crippen molar-refractivity contribution in [2.75, 3.05) is 33.7 Å². The van der Waals surface area contributed by atoms with Crippen LogP contribution in [0.1, 0.15) is 19.4 Å². The Morgan fingerprint density at radius 1 is 0.655 bits per heavy atom. The summed E-state index contributed by atoms with van der Waals surface area (Å²) >= 11 is 0. The van der Waals surface area contributed by atoms with Crippen LogP contribution in [-0.2, 0) is 0 Å². The van der Waals surface area contributed by atoms with Crippen molar-refractivity contribution in [3.8, 4) is 0 Å². The molecule has 1 aromatic heterocycles. The zero-order valence-corrected chi connectivity index (χ0v) is 17.5. The second-order valence-electron chi connectivity index (χ2n) is 7.84. The Hall–Kier alpha value is -3.28. The molecule has 2 aromatic carbocycles. The molecule has 2 aliphatic heterocycles. The molecule has 0 N–H and O–H groups in total. The molecule has 148 valence electrons. The third-order valence-corrected chi connectivity index (χ3v) is 6.41. The van der Waals surface area contributed by atoms with Crippen LogP contribution in [0.5, 0.6) is 0 Å². The summed E-state index contributed by atoms with van der Waals surface area (Å²) in [6, 6.07) is 15.2. The molecule has 0 spiro atoms. The fraction of sp³-hybridized carbons (Fsp3) is 0.304. The van der Waals surface area contributed by atoms with Crippen LogP contribution in [0, 0.1) is 6.92 Å². The fourth-order valence-corrected chi connectivity index (χ4v) is 4.59. The Balaban J connectivity index is 1.64. The number of hydrogen-bond donors (Lipinski definition) is 0. The number of fused-ring (bicyclic) bond motifs is 2. The summed E-state index contributed by atoms with van der Waals surface area (Å²) in [4.78, 5) is 18.4. The van der Waals surface area contributed by atoms with Crippen molar-refractivity contribution in [2.24, 2.45) is 0 Å². The lowest BCUT2D eigenvalue weighted by Crippen LogP contribution is -2.37. The smallest absolute Gasteiger partial charge is 0.178 e. The second kappa shape index (κ2) is 6.37. The molecule has 6 nitrogen and oxygen atoms in total. The van der Waals surface area contributed by atoms with Crippen LogP contribution in [-0.4, -0.2) is 36.4 Å². The quantitative estimate of drug-likeness (QED) is 0.638. The third kappa shape index (κ3) is 2.41. The summed E-state index contributed by atoms with van der Waals surface area (Å²) in [5.74, 6) is 1.83. The normalized spacial score (nSPS) is 20.3. The molecule has 0 bridgehead atoms. The zero-order chi connectivity index (χ0) is 20.3. The van der Waals surface area contributed by atoms with E-state index in [4.69, 9.17) is 0 Å². The topological polar surface area (TPSA) is 38.7 Å². The molecule has 0 amide bonds. The highest BCUT2D eigenvalue weighted by molar-refractivity contribution is 5.87. The van der Waals surface area contributed by atoms with Crippen LogP contribution in [0.15, 0.2) is 54.9 Å². The van der Waals surface area contributed by atoms with Crippen molar-refractivity contribution in [1.29, 1.82) is 0 Å². The van der Waals surface area contributed by atoms with Crippen molar-refractivity contribution in [1.82, 2.24) is 9.97 Å². The van der Waals surface area contributed by atoms with E-state index in [-0.39, 0.29) is 12.3 Å². The second-order valence-corrected chi connectivity index (χ2v) is 7.84. The van der Waals surface area contributed by atoms with Gasteiger partial charge in [-0.05, 0) is 50.6 Å². The van der Waals surface area contributed by atoms with E-state index in [0.29, 0.717) is 0 Å². The largest absolute Gasteiger partial charge is 0.353 e. The van der Waals surface area contributed by atoms with E-state index in [1.807, 2.05) is 0 Å². The first-order valence-corrected chi connectivity index (χ1v) is 10.0. The van der Waals surface area contributed by atoms with E-state index in [2.05, 4.69) is 107 Å². The minimum absolute atomic E-state index is 0.146. The average Bonchev–Trinajstić information content (AvgIpc) is 3.14. The van der Waals surface area contributed by atoms with Gasteiger partial charge < -0.3 is 19.6 Å². The van der Waals surface area contributed by atoms with Gasteiger partial charge >= 0.3 is 0 Å². The number of aromatic nitrogens is 2. The first-order valence-electron chi connectivity index (χ1n) is 10.0. The Labute approximate surface area is 172 Å². The molecule has 0 aliphatic carbocycles. The van der Waals surface area contributed by atoms with Gasteiger partial charge in [0.2, 0.25) is 0 Å². The maximum atomic E-state index is 4.65. The summed E-state index contributed by atoms with van der Waals surface area (Å²) in [5.41, 5.74) is 6.13. The minimum atomic E-state index is 0.146. The first-order chi connectivity index (χ1) is 14.0. The minimum Gasteiger partial charge on any atom is -0.353 e. The Morgan fingerprint density at radius 3 is 1.93 bits per heavy atom. The van der Waals surface area contributed by atoms with Crippen LogP contribution < -0.4 is 19.6 Å². The van der Waals surface area contributed by atoms with E-state index < -0.39 is 0 Å². The number of benzene rings is 2. The molecule has 29 heavy (non-hydrogen) atoms. The Morgan fingerprint density at radius 2 is 1.21 bits per heavy atom. The fourth-order valence-electron chi connectivity index (χ4n) is 4.59. The predicted octanol–water partition coefficient (Wildman–Crippen LogP) is 4.65. The highest BCUT2D eigenvalue weighted by Gasteiger charge is 2.37. The van der Waals surface area contributed by atoms with Crippen molar-refractivity contribution in [3.63, 3.8) is 0 Å². The van der Waals surface area contributed by atoms with Gasteiger partial charge in [-0.2, -0.15) is 0 Å². The molecule has 3 aromatic rings. The Bertz CT molecular complexity index is 999. The third-order valence-electron chi connectivity index (χ3n) is 6.41. The first kappa shape index (κ1) is 17.8. The van der Waals surface area contributed by atoms with Crippen LogP contribution in [0.4, 0.5) is 34.4 Å². The summed E-state index contributed by atoms with van der Waals surface area (Å²) < 4.78 is 0. The molecule has 2 atom stereocenters. The molecule has 0 saturated carbocycles. The predicted molar refractivity (Wildman–Crippen MR) is 120 cm³/mol. The Kier molecular flexibility index (Phi) is 3.91. The van der Waals surface area contributed by atoms with Gasteiger partial charge in [0.25, 0.3) is 0 Å². The molecule has 0 radical (unpaired) electrons. The van der Waals surface area contributed by atoms with E-state index in [1.165, 1.54) is 28.3 Å². The number of nitrogens with zero attached hydrogens (tertiary/aromatic N) is 6. The zero-order valence-electron chi connectivity index (χ0n) is 17.5. The molecule has 6 heteroatoms. The summed E-state index contributed by atoms with van der Waals surface area (Å²) in [7, 11) is 4.23. The molecule has 0 saturated heterocycles. The van der Waals surface area contributed by atoms with Gasteiger partial charge in [0, 0.05) is 37.9 Å². The van der Waals surface area contributed by atoms with Gasteiger partial charge in [0.1, 0.15) is 12.3 Å². The summed E-state index contributed by atoms with van der Waals surface area (Å²) in [6.45, 7) is 6.65. The molecule has 3 heterocycles. The number of anilines is 6. The van der Waals surface area contributed by atoms with Crippen LogP contribution in [0.2, 0.25) is 0 Å². The maximum Gasteiger partial charge on any atom is 0.178 e. The standard InChI is InChI=1S/C23H26N6/c1-15-18(28-16(2)26(4)20-9-6-7-10-21(20)28)11-8-12-19(15)29-17(3)27(5)22-23(29)25-14-13-24-22/h6-14,16-17H,1-5H3/t16-,17+/m1/s1. The van der Waals surface area contributed by atoms with E-state index in [9.17, 15) is 0 Å². The van der Waals surface area contributed by atoms with E-state index >= 15 is 0 Å². The van der Waals surface area contributed by atoms with Gasteiger partial charge in [0.05, 0.1) is 11.4 Å². The highest BCUT2D eigenvalue weighted by Crippen LogP contribution is 2.47. The van der Waals surface area contributed by atoms with Crippen molar-refractivity contribution in [2.45, 2.75) is 33.1 Å². The lowest BCUT2D eigenvalue weighted by molar-refractivity contribution is 0.721. The van der Waals surface area contributed by atoms with E-state index in [0.717, 1.165) is 11.6 Å². The van der Waals surface area contributed by atoms with Crippen LogP contribution >= 0.6 is 0 Å². The number of para-hydroxylation sites is 2. The maximum absolute atomic E-state index is 4.65. The lowest BCUT2D eigenvalue weighted by Gasteiger charge is -2.32. The summed E-state index contributed by atoms with van der Waals surface area (Å²) in [6.07, 6.45) is 3.91.